The molecule has 1 aliphatic heterocycles. The van der Waals surface area contributed by atoms with Gasteiger partial charge in [0, 0.05) is 18.2 Å². The van der Waals surface area contributed by atoms with Crippen molar-refractivity contribution in [3.63, 3.8) is 0 Å². The number of hydrogen-bond donors (Lipinski definition) is 1. The molecule has 5 heteroatoms. The van der Waals surface area contributed by atoms with E-state index in [-0.39, 0.29) is 18.6 Å². The van der Waals surface area contributed by atoms with Gasteiger partial charge in [-0.1, -0.05) is 24.3 Å². The second-order valence-electron chi connectivity index (χ2n) is 5.12. The maximum atomic E-state index is 11.8. The lowest BCUT2D eigenvalue weighted by Gasteiger charge is -2.10. The smallest absolute Gasteiger partial charge is 0.251 e. The van der Waals surface area contributed by atoms with E-state index >= 15 is 0 Å². The Morgan fingerprint density at radius 2 is 2.24 bits per heavy atom. The van der Waals surface area contributed by atoms with Gasteiger partial charge in [0.05, 0.1) is 12.7 Å². The Morgan fingerprint density at radius 3 is 3.05 bits per heavy atom. The number of nitrogens with one attached hydrogen (secondary N) is 1. The molecule has 1 aromatic carbocycles. The van der Waals surface area contributed by atoms with Crippen molar-refractivity contribution in [2.45, 2.75) is 18.9 Å². The van der Waals surface area contributed by atoms with Crippen LogP contribution in [-0.2, 0) is 14.3 Å². The topological polar surface area (TPSA) is 60.5 Å². The Bertz CT molecular complexity index is 624. The summed E-state index contributed by atoms with van der Waals surface area (Å²) >= 11 is 0. The van der Waals surface area contributed by atoms with Gasteiger partial charge < -0.3 is 14.8 Å². The van der Waals surface area contributed by atoms with Crippen LogP contribution in [0.5, 0.6) is 0 Å². The lowest BCUT2D eigenvalue weighted by atomic mass is 10.2. The van der Waals surface area contributed by atoms with E-state index in [2.05, 4.69) is 10.3 Å². The second kappa shape index (κ2) is 6.65. The molecule has 0 radical (unpaired) electrons. The highest BCUT2D eigenvalue weighted by molar-refractivity contribution is 5.93. The monoisotopic (exact) mass is 286 g/mol. The van der Waals surface area contributed by atoms with E-state index in [0.717, 1.165) is 30.2 Å². The molecule has 1 aliphatic rings. The van der Waals surface area contributed by atoms with Crippen LogP contribution in [0.2, 0.25) is 0 Å². The minimum atomic E-state index is -0.198. The summed E-state index contributed by atoms with van der Waals surface area (Å²) in [6.07, 6.45) is 3.96. The summed E-state index contributed by atoms with van der Waals surface area (Å²) in [5.41, 5.74) is 0. The van der Waals surface area contributed by atoms with Crippen LogP contribution in [0, 0.1) is 0 Å². The van der Waals surface area contributed by atoms with Gasteiger partial charge in [0.1, 0.15) is 12.4 Å². The minimum Gasteiger partial charge on any atom is -0.376 e. The van der Waals surface area contributed by atoms with Crippen LogP contribution in [-0.4, -0.2) is 36.8 Å². The molecule has 1 amide bonds. The minimum absolute atomic E-state index is 0.0222. The Morgan fingerprint density at radius 1 is 1.38 bits per heavy atom. The van der Waals surface area contributed by atoms with Crippen LogP contribution >= 0.6 is 0 Å². The van der Waals surface area contributed by atoms with Gasteiger partial charge in [-0.2, -0.15) is 0 Å². The standard InChI is InChI=1S/C16H18N2O3/c19-16(11-20-10-14-6-3-7-21-14)18-15-8-12-4-1-2-5-13(12)9-17-15/h1-2,4-5,8-9,14H,3,6-7,10-11H2,(H,17,18,19). The fourth-order valence-electron chi connectivity index (χ4n) is 2.39. The lowest BCUT2D eigenvalue weighted by Crippen LogP contribution is -2.22. The quantitative estimate of drug-likeness (QED) is 0.916. The van der Waals surface area contributed by atoms with Crippen LogP contribution in [0.15, 0.2) is 36.5 Å². The number of benzene rings is 1. The summed E-state index contributed by atoms with van der Waals surface area (Å²) < 4.78 is 10.8. The predicted molar refractivity (Wildman–Crippen MR) is 80.2 cm³/mol. The summed E-state index contributed by atoms with van der Waals surface area (Å²) in [6.45, 7) is 1.29. The Hall–Kier alpha value is -1.98. The van der Waals surface area contributed by atoms with E-state index in [1.54, 1.807) is 6.20 Å². The molecule has 2 heterocycles. The Balaban J connectivity index is 1.50. The van der Waals surface area contributed by atoms with E-state index in [1.807, 2.05) is 30.3 Å². The first-order valence-electron chi connectivity index (χ1n) is 7.15. The van der Waals surface area contributed by atoms with Gasteiger partial charge in [-0.25, -0.2) is 4.98 Å². The van der Waals surface area contributed by atoms with Crippen molar-refractivity contribution in [2.75, 3.05) is 25.1 Å². The molecule has 0 aliphatic carbocycles. The summed E-state index contributed by atoms with van der Waals surface area (Å²) in [5, 5.41) is 4.83. The second-order valence-corrected chi connectivity index (χ2v) is 5.12. The van der Waals surface area contributed by atoms with Gasteiger partial charge in [-0.05, 0) is 24.3 Å². The number of fused-ring (bicyclic) bond motifs is 1. The molecule has 1 fully saturated rings. The zero-order valence-corrected chi connectivity index (χ0v) is 11.7. The highest BCUT2D eigenvalue weighted by Crippen LogP contribution is 2.16. The maximum absolute atomic E-state index is 11.8. The average Bonchev–Trinajstić information content (AvgIpc) is 3.00. The first kappa shape index (κ1) is 14.0. The molecule has 1 unspecified atom stereocenters. The van der Waals surface area contributed by atoms with Gasteiger partial charge >= 0.3 is 0 Å². The largest absolute Gasteiger partial charge is 0.376 e. The average molecular weight is 286 g/mol. The van der Waals surface area contributed by atoms with E-state index in [9.17, 15) is 4.79 Å². The van der Waals surface area contributed by atoms with Gasteiger partial charge in [0.25, 0.3) is 5.91 Å². The highest BCUT2D eigenvalue weighted by atomic mass is 16.5. The van der Waals surface area contributed by atoms with Gasteiger partial charge in [0.2, 0.25) is 0 Å². The molecule has 1 saturated heterocycles. The molecule has 0 spiro atoms. The molecule has 3 rings (SSSR count). The number of carbonyl (C=O) groups is 1. The summed E-state index contributed by atoms with van der Waals surface area (Å²) in [4.78, 5) is 16.0. The van der Waals surface area contributed by atoms with Crippen molar-refractivity contribution in [2.24, 2.45) is 0 Å². The van der Waals surface area contributed by atoms with Crippen LogP contribution in [0.1, 0.15) is 12.8 Å². The van der Waals surface area contributed by atoms with Crippen molar-refractivity contribution < 1.29 is 14.3 Å². The third-order valence-electron chi connectivity index (χ3n) is 3.46. The Labute approximate surface area is 123 Å². The number of amides is 1. The number of nitrogens with zero attached hydrogens (tertiary/aromatic N) is 1. The maximum Gasteiger partial charge on any atom is 0.251 e. The number of pyridine rings is 1. The van der Waals surface area contributed by atoms with Crippen molar-refractivity contribution in [1.82, 2.24) is 4.98 Å². The molecule has 21 heavy (non-hydrogen) atoms. The van der Waals surface area contributed by atoms with Gasteiger partial charge in [-0.15, -0.1) is 0 Å². The molecule has 5 nitrogen and oxygen atoms in total. The number of anilines is 1. The number of carbonyl (C=O) groups excluding carboxylic acids is 1. The first-order valence-corrected chi connectivity index (χ1v) is 7.15. The third kappa shape index (κ3) is 3.77. The number of ether oxygens (including phenoxy) is 2. The molecule has 110 valence electrons. The zero-order valence-electron chi connectivity index (χ0n) is 11.7. The molecule has 1 N–H and O–H groups in total. The number of aromatic nitrogens is 1. The molecule has 0 bridgehead atoms. The molecule has 1 aromatic heterocycles. The fourth-order valence-corrected chi connectivity index (χ4v) is 2.39. The van der Waals surface area contributed by atoms with E-state index in [1.165, 1.54) is 0 Å². The van der Waals surface area contributed by atoms with Gasteiger partial charge in [0.15, 0.2) is 0 Å². The van der Waals surface area contributed by atoms with Crippen molar-refractivity contribution in [1.29, 1.82) is 0 Å². The molecular weight excluding hydrogens is 268 g/mol. The van der Waals surface area contributed by atoms with Crippen LogP contribution in [0.4, 0.5) is 5.82 Å². The van der Waals surface area contributed by atoms with Crippen LogP contribution in [0.3, 0.4) is 0 Å². The molecule has 1 atom stereocenters. The lowest BCUT2D eigenvalue weighted by molar-refractivity contribution is -0.121. The highest BCUT2D eigenvalue weighted by Gasteiger charge is 2.16. The predicted octanol–water partition coefficient (Wildman–Crippen LogP) is 2.37. The van der Waals surface area contributed by atoms with Crippen LogP contribution in [0.25, 0.3) is 10.8 Å². The van der Waals surface area contributed by atoms with Crippen molar-refractivity contribution >= 4 is 22.5 Å². The Kier molecular flexibility index (Phi) is 4.43. The summed E-state index contributed by atoms with van der Waals surface area (Å²) in [6, 6.07) is 9.74. The summed E-state index contributed by atoms with van der Waals surface area (Å²) in [7, 11) is 0. The van der Waals surface area contributed by atoms with E-state index < -0.39 is 0 Å². The number of hydrogen-bond acceptors (Lipinski definition) is 4. The van der Waals surface area contributed by atoms with E-state index in [0.29, 0.717) is 12.4 Å². The summed E-state index contributed by atoms with van der Waals surface area (Å²) in [5.74, 6) is 0.343. The molecule has 2 aromatic rings. The van der Waals surface area contributed by atoms with E-state index in [4.69, 9.17) is 9.47 Å². The number of rotatable bonds is 5. The fraction of sp³-hybridized carbons (Fsp3) is 0.375. The van der Waals surface area contributed by atoms with Crippen molar-refractivity contribution in [3.8, 4) is 0 Å². The third-order valence-corrected chi connectivity index (χ3v) is 3.46. The normalized spacial score (nSPS) is 18.0. The molecule has 0 saturated carbocycles. The van der Waals surface area contributed by atoms with Gasteiger partial charge in [-0.3, -0.25) is 4.79 Å². The first-order chi connectivity index (χ1) is 10.3. The molecular formula is C16H18N2O3. The SMILES string of the molecule is O=C(COCC1CCCO1)Nc1cc2ccccc2cn1. The zero-order chi connectivity index (χ0) is 14.5. The van der Waals surface area contributed by atoms with Crippen molar-refractivity contribution in [3.05, 3.63) is 36.5 Å². The van der Waals surface area contributed by atoms with Crippen LogP contribution < -0.4 is 5.32 Å².